The summed E-state index contributed by atoms with van der Waals surface area (Å²) in [7, 11) is 0. The number of fused-ring (bicyclic) bond motifs is 7. The number of furan rings is 2. The van der Waals surface area contributed by atoms with E-state index in [9.17, 15) is 0 Å². The van der Waals surface area contributed by atoms with Crippen LogP contribution in [0.25, 0.3) is 123 Å². The van der Waals surface area contributed by atoms with Crippen molar-refractivity contribution in [3.05, 3.63) is 211 Å². The molecule has 0 spiro atoms. The number of nitrogens with zero attached hydrogens (tertiary/aromatic N) is 3. The lowest BCUT2D eigenvalue weighted by atomic mass is 9.92. The molecule has 0 bridgehead atoms. The lowest BCUT2D eigenvalue weighted by molar-refractivity contribution is 0.668. The van der Waals surface area contributed by atoms with Crippen molar-refractivity contribution in [3.63, 3.8) is 0 Å². The molecule has 1 aliphatic rings. The van der Waals surface area contributed by atoms with E-state index >= 15 is 0 Å². The van der Waals surface area contributed by atoms with Gasteiger partial charge in [-0.2, -0.15) is 0 Å². The van der Waals surface area contributed by atoms with Crippen LogP contribution in [0.2, 0.25) is 0 Å². The molecule has 13 rings (SSSR count). The first-order valence-electron chi connectivity index (χ1n) is 23.3. The second-order valence-electron chi connectivity index (χ2n) is 17.7. The van der Waals surface area contributed by atoms with Gasteiger partial charge < -0.3 is 8.83 Å². The Hall–Kier alpha value is -8.41. The van der Waals surface area contributed by atoms with Crippen LogP contribution >= 0.6 is 0 Å². The van der Waals surface area contributed by atoms with Crippen LogP contribution in [0.3, 0.4) is 0 Å². The maximum absolute atomic E-state index is 6.27. The highest BCUT2D eigenvalue weighted by atomic mass is 16.3. The van der Waals surface area contributed by atoms with Crippen LogP contribution in [0.4, 0.5) is 0 Å². The quantitative estimate of drug-likeness (QED) is 0.149. The van der Waals surface area contributed by atoms with Crippen LogP contribution in [0, 0.1) is 0 Å². The van der Waals surface area contributed by atoms with Gasteiger partial charge >= 0.3 is 0 Å². The van der Waals surface area contributed by atoms with E-state index in [4.69, 9.17) is 23.8 Å². The molecule has 0 saturated carbocycles. The third-order valence-corrected chi connectivity index (χ3v) is 13.6. The predicted molar refractivity (Wildman–Crippen MR) is 274 cm³/mol. The third-order valence-electron chi connectivity index (χ3n) is 13.6. The van der Waals surface area contributed by atoms with Crippen LogP contribution in [-0.4, -0.2) is 15.0 Å². The van der Waals surface area contributed by atoms with Gasteiger partial charge in [-0.15, -0.1) is 0 Å². The molecule has 12 aromatic rings. The Morgan fingerprint density at radius 3 is 1.36 bits per heavy atom. The maximum atomic E-state index is 6.27. The Kier molecular flexibility index (Phi) is 9.45. The molecule has 67 heavy (non-hydrogen) atoms. The Labute approximate surface area is 388 Å². The first-order chi connectivity index (χ1) is 33.1. The second-order valence-corrected chi connectivity index (χ2v) is 17.7. The number of aromatic nitrogens is 3. The van der Waals surface area contributed by atoms with Gasteiger partial charge in [-0.05, 0) is 136 Å². The SMILES string of the molecule is c1ccc(-c2ccc(-c3nc(-c4ccc(-c5cccc6c5CCCCC6)cc4)nc(-c4cc(-c5ccc6oc7ccccc7c6c5)cc(-c5ccc6oc7ccccc7c6c5)c4)n3)cc2)cc1. The molecule has 9 aromatic carbocycles. The van der Waals surface area contributed by atoms with Gasteiger partial charge in [0.25, 0.3) is 0 Å². The van der Waals surface area contributed by atoms with Gasteiger partial charge in [0.1, 0.15) is 22.3 Å². The highest BCUT2D eigenvalue weighted by Crippen LogP contribution is 2.39. The van der Waals surface area contributed by atoms with Crippen LogP contribution < -0.4 is 0 Å². The standard InChI is InChI=1S/C62H43N3O2/c1-3-12-39(13-4-1)40-22-26-43(27-23-40)60-63-61(44-28-24-42(25-29-44)51-19-11-15-41-14-5-2-6-16-50(41)51)65-62(64-60)49-35-47(45-30-32-58-54(37-45)52-17-7-9-20-56(52)66-58)34-48(36-49)46-31-33-59-55(38-46)53-18-8-10-21-57(53)67-59/h1,3-4,7-13,15,17-38H,2,5-6,14,16H2. The number of hydrogen-bond acceptors (Lipinski definition) is 5. The van der Waals surface area contributed by atoms with Crippen LogP contribution in [0.15, 0.2) is 209 Å². The molecule has 0 radical (unpaired) electrons. The molecule has 0 saturated heterocycles. The summed E-state index contributed by atoms with van der Waals surface area (Å²) in [6.45, 7) is 0. The summed E-state index contributed by atoms with van der Waals surface area (Å²) in [5.74, 6) is 1.83. The van der Waals surface area contributed by atoms with E-state index < -0.39 is 0 Å². The molecule has 0 amide bonds. The summed E-state index contributed by atoms with van der Waals surface area (Å²) in [6.07, 6.45) is 6.04. The molecule has 3 heterocycles. The number of rotatable bonds is 7. The molecule has 0 N–H and O–H groups in total. The first kappa shape index (κ1) is 39.0. The van der Waals surface area contributed by atoms with Crippen LogP contribution in [0.1, 0.15) is 30.4 Å². The molecule has 3 aromatic heterocycles. The zero-order valence-electron chi connectivity index (χ0n) is 36.7. The van der Waals surface area contributed by atoms with E-state index in [1.165, 1.54) is 41.5 Å². The monoisotopic (exact) mass is 861 g/mol. The lowest BCUT2D eigenvalue weighted by Gasteiger charge is -2.14. The zero-order chi connectivity index (χ0) is 44.3. The first-order valence-corrected chi connectivity index (χ1v) is 23.3. The second kappa shape index (κ2) is 16.2. The topological polar surface area (TPSA) is 65.0 Å². The molecule has 0 fully saturated rings. The molecular weight excluding hydrogens is 819 g/mol. The fourth-order valence-electron chi connectivity index (χ4n) is 10.1. The summed E-state index contributed by atoms with van der Waals surface area (Å²) in [5.41, 5.74) is 18.2. The average Bonchev–Trinajstić information content (AvgIpc) is 3.86. The van der Waals surface area contributed by atoms with Crippen LogP contribution in [-0.2, 0) is 12.8 Å². The van der Waals surface area contributed by atoms with E-state index in [-0.39, 0.29) is 0 Å². The highest BCUT2D eigenvalue weighted by molar-refractivity contribution is 6.07. The zero-order valence-corrected chi connectivity index (χ0v) is 36.7. The Balaban J connectivity index is 0.986. The summed E-state index contributed by atoms with van der Waals surface area (Å²) < 4.78 is 12.5. The number of para-hydroxylation sites is 2. The lowest BCUT2D eigenvalue weighted by Crippen LogP contribution is -2.01. The van der Waals surface area contributed by atoms with E-state index in [1.807, 2.05) is 30.3 Å². The molecule has 5 heteroatoms. The summed E-state index contributed by atoms with van der Waals surface area (Å²) in [4.78, 5) is 15.9. The molecule has 5 nitrogen and oxygen atoms in total. The maximum Gasteiger partial charge on any atom is 0.164 e. The van der Waals surface area contributed by atoms with Gasteiger partial charge in [0, 0.05) is 38.2 Å². The molecular formula is C62H43N3O2. The van der Waals surface area contributed by atoms with Gasteiger partial charge in [0.15, 0.2) is 17.5 Å². The summed E-state index contributed by atoms with van der Waals surface area (Å²) in [5, 5.41) is 4.33. The van der Waals surface area contributed by atoms with Gasteiger partial charge in [-0.1, -0.05) is 152 Å². The number of aryl methyl sites for hydroxylation is 1. The number of hydrogen-bond donors (Lipinski definition) is 0. The molecule has 318 valence electrons. The Bertz CT molecular complexity index is 3700. The Morgan fingerprint density at radius 2 is 0.746 bits per heavy atom. The predicted octanol–water partition coefficient (Wildman–Crippen LogP) is 16.6. The fraction of sp³-hybridized carbons (Fsp3) is 0.0806. The summed E-state index contributed by atoms with van der Waals surface area (Å²) in [6, 6.07) is 70.7. The van der Waals surface area contributed by atoms with Crippen molar-refractivity contribution >= 4 is 43.9 Å². The smallest absolute Gasteiger partial charge is 0.164 e. The molecule has 1 aliphatic carbocycles. The highest BCUT2D eigenvalue weighted by Gasteiger charge is 2.19. The van der Waals surface area contributed by atoms with Gasteiger partial charge in [-0.3, -0.25) is 0 Å². The van der Waals surface area contributed by atoms with Crippen molar-refractivity contribution in [2.75, 3.05) is 0 Å². The molecule has 0 atom stereocenters. The van der Waals surface area contributed by atoms with Gasteiger partial charge in [0.2, 0.25) is 0 Å². The van der Waals surface area contributed by atoms with Crippen molar-refractivity contribution < 1.29 is 8.83 Å². The minimum atomic E-state index is 0.595. The normalized spacial score (nSPS) is 12.8. The van der Waals surface area contributed by atoms with E-state index in [0.29, 0.717) is 17.5 Å². The van der Waals surface area contributed by atoms with Crippen molar-refractivity contribution in [2.24, 2.45) is 0 Å². The van der Waals surface area contributed by atoms with Crippen molar-refractivity contribution in [3.8, 4) is 78.7 Å². The molecule has 0 aliphatic heterocycles. The van der Waals surface area contributed by atoms with Crippen LogP contribution in [0.5, 0.6) is 0 Å². The average molecular weight is 862 g/mol. The van der Waals surface area contributed by atoms with Crippen molar-refractivity contribution in [1.82, 2.24) is 15.0 Å². The van der Waals surface area contributed by atoms with Crippen molar-refractivity contribution in [1.29, 1.82) is 0 Å². The minimum Gasteiger partial charge on any atom is -0.456 e. The fourth-order valence-corrected chi connectivity index (χ4v) is 10.1. The summed E-state index contributed by atoms with van der Waals surface area (Å²) >= 11 is 0. The largest absolute Gasteiger partial charge is 0.456 e. The Morgan fingerprint density at radius 1 is 0.284 bits per heavy atom. The van der Waals surface area contributed by atoms with E-state index in [0.717, 1.165) is 107 Å². The number of benzene rings is 9. The minimum absolute atomic E-state index is 0.595. The van der Waals surface area contributed by atoms with E-state index in [2.05, 4.69) is 170 Å². The van der Waals surface area contributed by atoms with Gasteiger partial charge in [-0.25, -0.2) is 15.0 Å². The van der Waals surface area contributed by atoms with Gasteiger partial charge in [0.05, 0.1) is 0 Å². The molecule has 0 unspecified atom stereocenters. The third kappa shape index (κ3) is 7.17. The van der Waals surface area contributed by atoms with Crippen molar-refractivity contribution in [2.45, 2.75) is 32.1 Å². The van der Waals surface area contributed by atoms with E-state index in [1.54, 1.807) is 0 Å².